The third-order valence-electron chi connectivity index (χ3n) is 4.45. The number of nitrogens with one attached hydrogen (secondary N) is 1. The van der Waals surface area contributed by atoms with Crippen molar-refractivity contribution in [3.8, 4) is 5.75 Å². The smallest absolute Gasteiger partial charge is 0.274 e. The molecule has 1 fully saturated rings. The lowest BCUT2D eigenvalue weighted by Crippen LogP contribution is -2.42. The number of likely N-dealkylation sites (tertiary alicyclic amines) is 1. The molecule has 0 radical (unpaired) electrons. The van der Waals surface area contributed by atoms with E-state index in [0.29, 0.717) is 18.8 Å². The Bertz CT molecular complexity index is 836. The number of para-hydroxylation sites is 2. The summed E-state index contributed by atoms with van der Waals surface area (Å²) in [6, 6.07) is 17.6. The first kappa shape index (κ1) is 14.8. The van der Waals surface area contributed by atoms with Crippen molar-refractivity contribution in [2.75, 3.05) is 13.1 Å². The number of rotatable bonds is 3. The van der Waals surface area contributed by atoms with Crippen LogP contribution in [0, 0.1) is 0 Å². The molecule has 122 valence electrons. The lowest BCUT2D eigenvalue weighted by Gasteiger charge is -2.31. The number of amides is 1. The van der Waals surface area contributed by atoms with E-state index in [4.69, 9.17) is 4.74 Å². The first-order valence-corrected chi connectivity index (χ1v) is 8.25. The molecule has 5 nitrogen and oxygen atoms in total. The first-order valence-electron chi connectivity index (χ1n) is 8.25. The molecular weight excluding hydrogens is 302 g/mol. The molecule has 1 N–H and O–H groups in total. The molecule has 2 heterocycles. The molecule has 1 aromatic heterocycles. The fraction of sp³-hybridized carbons (Fsp3) is 0.263. The SMILES string of the molecule is O=C(c1n[nH]c2ccccc12)N1CCC(Oc2ccccc2)CC1. The van der Waals surface area contributed by atoms with Gasteiger partial charge >= 0.3 is 0 Å². The van der Waals surface area contributed by atoms with E-state index in [1.807, 2.05) is 59.5 Å². The predicted molar refractivity (Wildman–Crippen MR) is 92.1 cm³/mol. The molecule has 1 saturated heterocycles. The van der Waals surface area contributed by atoms with Crippen LogP contribution in [0.4, 0.5) is 0 Å². The lowest BCUT2D eigenvalue weighted by atomic mass is 10.1. The topological polar surface area (TPSA) is 58.2 Å². The maximum Gasteiger partial charge on any atom is 0.274 e. The van der Waals surface area contributed by atoms with Crippen LogP contribution >= 0.6 is 0 Å². The Morgan fingerprint density at radius 3 is 2.54 bits per heavy atom. The first-order chi connectivity index (χ1) is 11.8. The number of carbonyl (C=O) groups is 1. The number of aromatic nitrogens is 2. The maximum absolute atomic E-state index is 12.7. The van der Waals surface area contributed by atoms with Crippen molar-refractivity contribution < 1.29 is 9.53 Å². The zero-order valence-electron chi connectivity index (χ0n) is 13.3. The molecule has 0 atom stereocenters. The molecule has 4 rings (SSSR count). The molecule has 24 heavy (non-hydrogen) atoms. The van der Waals surface area contributed by atoms with Gasteiger partial charge in [-0.25, -0.2) is 0 Å². The maximum atomic E-state index is 12.7. The van der Waals surface area contributed by atoms with Gasteiger partial charge in [0.2, 0.25) is 0 Å². The van der Waals surface area contributed by atoms with Crippen molar-refractivity contribution in [1.29, 1.82) is 0 Å². The zero-order valence-corrected chi connectivity index (χ0v) is 13.3. The van der Waals surface area contributed by atoms with E-state index in [-0.39, 0.29) is 12.0 Å². The summed E-state index contributed by atoms with van der Waals surface area (Å²) in [5.74, 6) is 0.881. The van der Waals surface area contributed by atoms with Gasteiger partial charge < -0.3 is 9.64 Å². The third kappa shape index (κ3) is 2.85. The van der Waals surface area contributed by atoms with E-state index in [1.165, 1.54) is 0 Å². The molecule has 1 aliphatic heterocycles. The second-order valence-corrected chi connectivity index (χ2v) is 6.04. The number of benzene rings is 2. The number of ether oxygens (including phenoxy) is 1. The van der Waals surface area contributed by atoms with Crippen molar-refractivity contribution in [3.63, 3.8) is 0 Å². The monoisotopic (exact) mass is 321 g/mol. The van der Waals surface area contributed by atoms with Crippen LogP contribution in [0.3, 0.4) is 0 Å². The molecule has 0 spiro atoms. The van der Waals surface area contributed by atoms with Gasteiger partial charge in [0.05, 0.1) is 5.52 Å². The molecule has 0 unspecified atom stereocenters. The number of aromatic amines is 1. The van der Waals surface area contributed by atoms with Crippen LogP contribution in [0.15, 0.2) is 54.6 Å². The van der Waals surface area contributed by atoms with Crippen molar-refractivity contribution in [2.45, 2.75) is 18.9 Å². The standard InChI is InChI=1S/C19H19N3O2/c23-19(18-16-8-4-5-9-17(16)20-21-18)22-12-10-15(11-13-22)24-14-6-2-1-3-7-14/h1-9,15H,10-13H2,(H,20,21). The highest BCUT2D eigenvalue weighted by molar-refractivity contribution is 6.04. The molecular formula is C19H19N3O2. The molecule has 1 amide bonds. The van der Waals surface area contributed by atoms with E-state index in [9.17, 15) is 4.79 Å². The third-order valence-corrected chi connectivity index (χ3v) is 4.45. The number of fused-ring (bicyclic) bond motifs is 1. The van der Waals surface area contributed by atoms with Crippen LogP contribution in [0.2, 0.25) is 0 Å². The van der Waals surface area contributed by atoms with Gasteiger partial charge in [-0.3, -0.25) is 9.89 Å². The summed E-state index contributed by atoms with van der Waals surface area (Å²) in [7, 11) is 0. The second kappa shape index (κ2) is 6.35. The average molecular weight is 321 g/mol. The molecule has 0 aliphatic carbocycles. The molecule has 2 aromatic carbocycles. The van der Waals surface area contributed by atoms with Crippen molar-refractivity contribution >= 4 is 16.8 Å². The largest absolute Gasteiger partial charge is 0.490 e. The van der Waals surface area contributed by atoms with Gasteiger partial charge in [-0.1, -0.05) is 36.4 Å². The van der Waals surface area contributed by atoms with E-state index < -0.39 is 0 Å². The van der Waals surface area contributed by atoms with E-state index in [2.05, 4.69) is 10.2 Å². The van der Waals surface area contributed by atoms with Gasteiger partial charge in [0, 0.05) is 31.3 Å². The summed E-state index contributed by atoms with van der Waals surface area (Å²) in [4.78, 5) is 14.6. The highest BCUT2D eigenvalue weighted by Crippen LogP contribution is 2.22. The minimum absolute atomic E-state index is 0.00869. The van der Waals surface area contributed by atoms with Crippen molar-refractivity contribution in [3.05, 3.63) is 60.3 Å². The van der Waals surface area contributed by atoms with Gasteiger partial charge in [0.25, 0.3) is 5.91 Å². The second-order valence-electron chi connectivity index (χ2n) is 6.04. The number of hydrogen-bond acceptors (Lipinski definition) is 3. The van der Waals surface area contributed by atoms with Crippen molar-refractivity contribution in [2.24, 2.45) is 0 Å². The summed E-state index contributed by atoms with van der Waals surface area (Å²) in [6.07, 6.45) is 1.83. The Hall–Kier alpha value is -2.82. The van der Waals surface area contributed by atoms with Gasteiger partial charge in [0.15, 0.2) is 5.69 Å². The summed E-state index contributed by atoms with van der Waals surface area (Å²) >= 11 is 0. The van der Waals surface area contributed by atoms with Gasteiger partial charge in [-0.05, 0) is 18.2 Å². The molecule has 0 saturated carbocycles. The number of piperidine rings is 1. The summed E-state index contributed by atoms with van der Waals surface area (Å²) in [6.45, 7) is 1.38. The molecule has 0 bridgehead atoms. The van der Waals surface area contributed by atoms with E-state index in [0.717, 1.165) is 29.5 Å². The van der Waals surface area contributed by atoms with E-state index in [1.54, 1.807) is 0 Å². The molecule has 5 heteroatoms. The number of nitrogens with zero attached hydrogens (tertiary/aromatic N) is 2. The number of H-pyrrole nitrogens is 1. The van der Waals surface area contributed by atoms with Gasteiger partial charge in [-0.2, -0.15) is 5.10 Å². The quantitative estimate of drug-likeness (QED) is 0.805. The van der Waals surface area contributed by atoms with Gasteiger partial charge in [0.1, 0.15) is 11.9 Å². The minimum Gasteiger partial charge on any atom is -0.490 e. The Morgan fingerprint density at radius 2 is 1.75 bits per heavy atom. The summed E-state index contributed by atoms with van der Waals surface area (Å²) < 4.78 is 5.98. The number of carbonyl (C=O) groups excluding carboxylic acids is 1. The van der Waals surface area contributed by atoms with Crippen LogP contribution in [-0.4, -0.2) is 40.2 Å². The predicted octanol–water partition coefficient (Wildman–Crippen LogP) is 3.25. The van der Waals surface area contributed by atoms with Crippen LogP contribution in [0.5, 0.6) is 5.75 Å². The zero-order chi connectivity index (χ0) is 16.4. The van der Waals surface area contributed by atoms with Crippen LogP contribution < -0.4 is 4.74 Å². The fourth-order valence-corrected chi connectivity index (χ4v) is 3.14. The Morgan fingerprint density at radius 1 is 1.04 bits per heavy atom. The highest BCUT2D eigenvalue weighted by atomic mass is 16.5. The fourth-order valence-electron chi connectivity index (χ4n) is 3.14. The average Bonchev–Trinajstić information content (AvgIpc) is 3.07. The molecule has 3 aromatic rings. The Kier molecular flexibility index (Phi) is 3.91. The number of hydrogen-bond donors (Lipinski definition) is 1. The molecule has 1 aliphatic rings. The minimum atomic E-state index is -0.00869. The van der Waals surface area contributed by atoms with Crippen molar-refractivity contribution in [1.82, 2.24) is 15.1 Å². The Balaban J connectivity index is 1.41. The Labute approximate surface area is 140 Å². The van der Waals surface area contributed by atoms with E-state index >= 15 is 0 Å². The lowest BCUT2D eigenvalue weighted by molar-refractivity contribution is 0.0592. The van der Waals surface area contributed by atoms with Crippen LogP contribution in [-0.2, 0) is 0 Å². The van der Waals surface area contributed by atoms with Crippen LogP contribution in [0.1, 0.15) is 23.3 Å². The summed E-state index contributed by atoms with van der Waals surface area (Å²) in [5.41, 5.74) is 1.40. The van der Waals surface area contributed by atoms with Crippen LogP contribution in [0.25, 0.3) is 10.9 Å². The normalized spacial score (nSPS) is 15.6. The van der Waals surface area contributed by atoms with Gasteiger partial charge in [-0.15, -0.1) is 0 Å². The highest BCUT2D eigenvalue weighted by Gasteiger charge is 2.27. The summed E-state index contributed by atoms with van der Waals surface area (Å²) in [5, 5.41) is 8.02.